The van der Waals surface area contributed by atoms with Crippen LogP contribution in [-0.4, -0.2) is 53.0 Å². The van der Waals surface area contributed by atoms with Gasteiger partial charge in [0.2, 0.25) is 10.0 Å². The van der Waals surface area contributed by atoms with E-state index in [1.807, 2.05) is 35.8 Å². The molecule has 154 valence electrons. The first-order valence-electron chi connectivity index (χ1n) is 9.37. The number of aliphatic hydroxyl groups is 1. The minimum atomic E-state index is -3.69. The Bertz CT molecular complexity index is 1100. The van der Waals surface area contributed by atoms with Crippen molar-refractivity contribution in [3.05, 3.63) is 65.9 Å². The summed E-state index contributed by atoms with van der Waals surface area (Å²) >= 11 is 0. The van der Waals surface area contributed by atoms with Crippen molar-refractivity contribution in [2.45, 2.75) is 31.4 Å². The van der Waals surface area contributed by atoms with E-state index in [0.717, 1.165) is 22.0 Å². The van der Waals surface area contributed by atoms with Gasteiger partial charge in [0.05, 0.1) is 17.2 Å². The Kier molecular flexibility index (Phi) is 6.36. The number of nitrogens with zero attached hydrogens (tertiary/aromatic N) is 3. The Balaban J connectivity index is 1.81. The van der Waals surface area contributed by atoms with E-state index in [2.05, 4.69) is 5.16 Å². The molecule has 3 rings (SSSR count). The topological polar surface area (TPSA) is 95.1 Å². The molecule has 0 aliphatic carbocycles. The molecule has 2 N–H and O–H groups in total. The number of benzene rings is 2. The van der Waals surface area contributed by atoms with Crippen LogP contribution in [0.25, 0.3) is 10.9 Å². The molecular weight excluding hydrogens is 390 g/mol. The van der Waals surface area contributed by atoms with Crippen molar-refractivity contribution in [3.8, 4) is 0 Å². The minimum absolute atomic E-state index is 0.0252. The third-order valence-corrected chi connectivity index (χ3v) is 6.80. The van der Waals surface area contributed by atoms with Gasteiger partial charge in [0.15, 0.2) is 0 Å². The maximum atomic E-state index is 12.9. The third kappa shape index (κ3) is 4.50. The summed E-state index contributed by atoms with van der Waals surface area (Å²) in [7, 11) is -3.69. The lowest BCUT2D eigenvalue weighted by Gasteiger charge is -2.24. The summed E-state index contributed by atoms with van der Waals surface area (Å²) < 4.78 is 29.0. The Morgan fingerprint density at radius 2 is 1.86 bits per heavy atom. The van der Waals surface area contributed by atoms with Gasteiger partial charge < -0.3 is 14.9 Å². The van der Waals surface area contributed by atoms with E-state index in [1.165, 1.54) is 10.5 Å². The highest BCUT2D eigenvalue weighted by atomic mass is 32.2. The number of oxime groups is 1. The number of aromatic nitrogens is 1. The zero-order valence-corrected chi connectivity index (χ0v) is 17.2. The first-order valence-corrected chi connectivity index (χ1v) is 10.8. The second kappa shape index (κ2) is 8.77. The quantitative estimate of drug-likeness (QED) is 0.336. The van der Waals surface area contributed by atoms with Crippen LogP contribution in [0.2, 0.25) is 0 Å². The molecule has 29 heavy (non-hydrogen) atoms. The van der Waals surface area contributed by atoms with Crippen molar-refractivity contribution in [3.63, 3.8) is 0 Å². The van der Waals surface area contributed by atoms with E-state index < -0.39 is 16.1 Å². The van der Waals surface area contributed by atoms with Crippen molar-refractivity contribution in [1.82, 2.24) is 8.87 Å². The molecule has 0 radical (unpaired) electrons. The molecule has 0 unspecified atom stereocenters. The normalized spacial score (nSPS) is 13.5. The molecule has 0 saturated carbocycles. The number of likely N-dealkylation sites (N-methyl/N-ethyl adjacent to an activating group) is 1. The lowest BCUT2D eigenvalue weighted by atomic mass is 10.2. The van der Waals surface area contributed by atoms with Crippen LogP contribution < -0.4 is 0 Å². The van der Waals surface area contributed by atoms with Crippen LogP contribution in [0.5, 0.6) is 0 Å². The Morgan fingerprint density at radius 1 is 1.17 bits per heavy atom. The summed E-state index contributed by atoms with van der Waals surface area (Å²) in [5, 5.41) is 23.5. The van der Waals surface area contributed by atoms with Gasteiger partial charge in [-0.25, -0.2) is 8.42 Å². The van der Waals surface area contributed by atoms with Crippen LogP contribution in [-0.2, 0) is 16.6 Å². The van der Waals surface area contributed by atoms with E-state index in [4.69, 9.17) is 5.21 Å². The van der Waals surface area contributed by atoms with E-state index in [-0.39, 0.29) is 24.5 Å². The first kappa shape index (κ1) is 21.0. The molecule has 3 aromatic rings. The van der Waals surface area contributed by atoms with Gasteiger partial charge in [0, 0.05) is 42.3 Å². The highest BCUT2D eigenvalue weighted by molar-refractivity contribution is 7.89. The van der Waals surface area contributed by atoms with Crippen LogP contribution >= 0.6 is 0 Å². The van der Waals surface area contributed by atoms with Gasteiger partial charge in [-0.15, -0.1) is 0 Å². The van der Waals surface area contributed by atoms with Gasteiger partial charge in [-0.1, -0.05) is 48.0 Å². The third-order valence-electron chi connectivity index (χ3n) is 4.85. The molecule has 0 aliphatic heterocycles. The lowest BCUT2D eigenvalue weighted by Crippen LogP contribution is -2.38. The van der Waals surface area contributed by atoms with Crippen molar-refractivity contribution in [2.75, 3.05) is 13.1 Å². The molecule has 8 heteroatoms. The van der Waals surface area contributed by atoms with Gasteiger partial charge >= 0.3 is 0 Å². The van der Waals surface area contributed by atoms with Crippen molar-refractivity contribution in [1.29, 1.82) is 0 Å². The SMILES string of the molecule is CCN(C[C@H](O)Cn1cc(/C=N\O)c2ccccc21)S(=O)(=O)c1ccc(C)cc1. The van der Waals surface area contributed by atoms with Crippen LogP contribution in [0.4, 0.5) is 0 Å². The summed E-state index contributed by atoms with van der Waals surface area (Å²) in [5.74, 6) is 0. The number of sulfonamides is 1. The van der Waals surface area contributed by atoms with Crippen LogP contribution in [0.3, 0.4) is 0 Å². The fourth-order valence-corrected chi connectivity index (χ4v) is 4.85. The molecule has 1 aromatic heterocycles. The largest absolute Gasteiger partial charge is 0.411 e. The second-order valence-corrected chi connectivity index (χ2v) is 8.86. The number of para-hydroxylation sites is 1. The number of hydrogen-bond donors (Lipinski definition) is 2. The molecule has 0 aliphatic rings. The standard InChI is InChI=1S/C21H25N3O4S/c1-3-24(29(27,28)19-10-8-16(2)9-11-19)15-18(25)14-23-13-17(12-22-26)20-6-4-5-7-21(20)23/h4-13,18,25-26H,3,14-15H2,1-2H3/b22-12-/t18-/m1/s1. The molecule has 1 heterocycles. The van der Waals surface area contributed by atoms with Crippen LogP contribution in [0.15, 0.2) is 64.8 Å². The minimum Gasteiger partial charge on any atom is -0.411 e. The summed E-state index contributed by atoms with van der Waals surface area (Å²) in [6.45, 7) is 4.08. The molecule has 7 nitrogen and oxygen atoms in total. The van der Waals surface area contributed by atoms with E-state index in [9.17, 15) is 13.5 Å². The van der Waals surface area contributed by atoms with Crippen molar-refractivity contribution >= 4 is 27.1 Å². The second-order valence-electron chi connectivity index (χ2n) is 6.92. The monoisotopic (exact) mass is 415 g/mol. The summed E-state index contributed by atoms with van der Waals surface area (Å²) in [6.07, 6.45) is 2.20. The Labute approximate surface area is 170 Å². The van der Waals surface area contributed by atoms with E-state index in [0.29, 0.717) is 0 Å². The molecule has 0 spiro atoms. The van der Waals surface area contributed by atoms with Gasteiger partial charge in [-0.2, -0.15) is 4.31 Å². The Morgan fingerprint density at radius 3 is 2.52 bits per heavy atom. The highest BCUT2D eigenvalue weighted by Crippen LogP contribution is 2.21. The average Bonchev–Trinajstić information content (AvgIpc) is 3.04. The molecule has 2 aromatic carbocycles. The fourth-order valence-electron chi connectivity index (χ4n) is 3.37. The molecule has 0 amide bonds. The van der Waals surface area contributed by atoms with E-state index in [1.54, 1.807) is 37.4 Å². The van der Waals surface area contributed by atoms with Gasteiger partial charge in [-0.3, -0.25) is 0 Å². The summed E-state index contributed by atoms with van der Waals surface area (Å²) in [5.41, 5.74) is 2.56. The van der Waals surface area contributed by atoms with Gasteiger partial charge in [-0.05, 0) is 25.1 Å². The first-order chi connectivity index (χ1) is 13.9. The summed E-state index contributed by atoms with van der Waals surface area (Å²) in [4.78, 5) is 0.213. The number of aliphatic hydroxyl groups excluding tert-OH is 1. The molecule has 1 atom stereocenters. The smallest absolute Gasteiger partial charge is 0.243 e. The van der Waals surface area contributed by atoms with Gasteiger partial charge in [0.1, 0.15) is 0 Å². The van der Waals surface area contributed by atoms with E-state index >= 15 is 0 Å². The number of aryl methyl sites for hydroxylation is 1. The molecule has 0 bridgehead atoms. The zero-order chi connectivity index (χ0) is 21.0. The van der Waals surface area contributed by atoms with Gasteiger partial charge in [0.25, 0.3) is 0 Å². The average molecular weight is 416 g/mol. The predicted octanol–water partition coefficient (Wildman–Crippen LogP) is 2.83. The van der Waals surface area contributed by atoms with Crippen LogP contribution in [0, 0.1) is 6.92 Å². The van der Waals surface area contributed by atoms with Crippen molar-refractivity contribution in [2.24, 2.45) is 5.16 Å². The summed E-state index contributed by atoms with van der Waals surface area (Å²) in [6, 6.07) is 14.2. The number of rotatable bonds is 8. The number of hydrogen-bond acceptors (Lipinski definition) is 5. The van der Waals surface area contributed by atoms with Crippen LogP contribution in [0.1, 0.15) is 18.1 Å². The Hall–Kier alpha value is -2.68. The molecule has 0 saturated heterocycles. The molecule has 0 fully saturated rings. The van der Waals surface area contributed by atoms with Crippen molar-refractivity contribution < 1.29 is 18.7 Å². The fraction of sp³-hybridized carbons (Fsp3) is 0.286. The highest BCUT2D eigenvalue weighted by Gasteiger charge is 2.25. The lowest BCUT2D eigenvalue weighted by molar-refractivity contribution is 0.130. The molecular formula is C21H25N3O4S. The maximum absolute atomic E-state index is 12.9. The maximum Gasteiger partial charge on any atom is 0.243 e. The predicted molar refractivity (Wildman–Crippen MR) is 113 cm³/mol. The zero-order valence-electron chi connectivity index (χ0n) is 16.4. The number of fused-ring (bicyclic) bond motifs is 1.